The number of hydrogen-bond acceptors (Lipinski definition) is 8. The van der Waals surface area contributed by atoms with E-state index in [1.807, 2.05) is 19.2 Å². The Bertz CT molecular complexity index is 1350. The number of Topliss-reactive ketones (excluding diaryl/α,β-unsaturated/α-hetero) is 1. The molecule has 5 rings (SSSR count). The molecule has 1 aromatic carbocycles. The third-order valence-electron chi connectivity index (χ3n) is 9.73. The number of rotatable bonds is 11. The second-order valence-electron chi connectivity index (χ2n) is 12.5. The molecule has 0 aromatic heterocycles. The van der Waals surface area contributed by atoms with Crippen LogP contribution in [0.15, 0.2) is 23.8 Å². The van der Waals surface area contributed by atoms with Crippen molar-refractivity contribution in [2.75, 3.05) is 20.7 Å². The first-order valence-corrected chi connectivity index (χ1v) is 14.6. The standard InChI is InChI=1S/C31H41N3O8.H2S/c1-16(2)25(29(38)39)33-28(37)21(32-17(3)35)8-7-20(36)14-19-10-11-31(40)23-15-18-6-9-22(41-5)26-24(18)30(31,27(19)42-26)12-13-34(23)4;/h6,9-10,16,21,23,25,27,40H,7-8,11-15H2,1-5H3,(H,32,35)(H,33,37)(H,38,39);1H2/t21?,23-,25?,27?,30+,31-;/m1./s1. The maximum atomic E-state index is 13.4. The third-order valence-corrected chi connectivity index (χ3v) is 9.73. The molecule has 1 spiro atoms. The smallest absolute Gasteiger partial charge is 0.326 e. The summed E-state index contributed by atoms with van der Waals surface area (Å²) >= 11 is 0. The minimum atomic E-state index is -1.17. The molecule has 6 atom stereocenters. The molecule has 2 heterocycles. The zero-order valence-electron chi connectivity index (χ0n) is 25.4. The normalized spacial score (nSPS) is 27.9. The number of nitrogens with zero attached hydrogens (tertiary/aromatic N) is 1. The van der Waals surface area contributed by atoms with Crippen LogP contribution >= 0.6 is 13.5 Å². The van der Waals surface area contributed by atoms with E-state index in [1.165, 1.54) is 6.92 Å². The first-order valence-electron chi connectivity index (χ1n) is 14.6. The molecule has 0 radical (unpaired) electrons. The predicted octanol–water partition coefficient (Wildman–Crippen LogP) is 1.60. The quantitative estimate of drug-likeness (QED) is 0.271. The lowest BCUT2D eigenvalue weighted by atomic mass is 9.49. The topological polar surface area (TPSA) is 154 Å². The summed E-state index contributed by atoms with van der Waals surface area (Å²) in [6.45, 7) is 5.40. The van der Waals surface area contributed by atoms with Crippen molar-refractivity contribution in [1.29, 1.82) is 0 Å². The van der Waals surface area contributed by atoms with Gasteiger partial charge in [0.25, 0.3) is 0 Å². The van der Waals surface area contributed by atoms with E-state index in [-0.39, 0.29) is 50.5 Å². The molecule has 2 bridgehead atoms. The minimum Gasteiger partial charge on any atom is -0.493 e. The molecule has 2 aliphatic carbocycles. The van der Waals surface area contributed by atoms with Gasteiger partial charge in [-0.15, -0.1) is 0 Å². The number of carbonyl (C=O) groups excluding carboxylic acids is 3. The summed E-state index contributed by atoms with van der Waals surface area (Å²) in [7, 11) is 3.63. The molecule has 2 aliphatic heterocycles. The Morgan fingerprint density at radius 2 is 1.93 bits per heavy atom. The van der Waals surface area contributed by atoms with Crippen LogP contribution in [0.4, 0.5) is 0 Å². The van der Waals surface area contributed by atoms with Crippen LogP contribution in [0.2, 0.25) is 0 Å². The van der Waals surface area contributed by atoms with Crippen molar-refractivity contribution >= 4 is 37.1 Å². The Morgan fingerprint density at radius 1 is 1.21 bits per heavy atom. The van der Waals surface area contributed by atoms with Crippen LogP contribution in [0.25, 0.3) is 0 Å². The molecule has 11 nitrogen and oxygen atoms in total. The number of ether oxygens (including phenoxy) is 2. The molecule has 3 unspecified atom stereocenters. The highest BCUT2D eigenvalue weighted by molar-refractivity contribution is 7.59. The van der Waals surface area contributed by atoms with Gasteiger partial charge in [-0.25, -0.2) is 4.79 Å². The van der Waals surface area contributed by atoms with E-state index in [0.717, 1.165) is 23.2 Å². The van der Waals surface area contributed by atoms with Crippen molar-refractivity contribution in [3.05, 3.63) is 34.9 Å². The van der Waals surface area contributed by atoms with Crippen LogP contribution in [0, 0.1) is 5.92 Å². The number of carboxylic acids is 1. The molecule has 12 heteroatoms. The highest BCUT2D eigenvalue weighted by atomic mass is 32.1. The number of methoxy groups -OCH3 is 1. The number of aliphatic carboxylic acids is 1. The van der Waals surface area contributed by atoms with Crippen LogP contribution in [0.3, 0.4) is 0 Å². The number of likely N-dealkylation sites (N-methyl/N-ethyl adjacent to an activating group) is 1. The van der Waals surface area contributed by atoms with Crippen molar-refractivity contribution in [3.8, 4) is 11.5 Å². The number of carboxylic acid groups (broad SMARTS) is 1. The number of hydrogen-bond donors (Lipinski definition) is 4. The molecule has 43 heavy (non-hydrogen) atoms. The van der Waals surface area contributed by atoms with E-state index in [1.54, 1.807) is 21.0 Å². The van der Waals surface area contributed by atoms with Gasteiger partial charge in [-0.05, 0) is 62.4 Å². The molecule has 1 fully saturated rings. The lowest BCUT2D eigenvalue weighted by Gasteiger charge is -2.62. The largest absolute Gasteiger partial charge is 0.493 e. The summed E-state index contributed by atoms with van der Waals surface area (Å²) in [5.74, 6) is -1.53. The fourth-order valence-corrected chi connectivity index (χ4v) is 7.68. The Hall–Kier alpha value is -3.09. The number of carbonyl (C=O) groups is 4. The number of nitrogens with one attached hydrogen (secondary N) is 2. The molecule has 236 valence electrons. The summed E-state index contributed by atoms with van der Waals surface area (Å²) in [5.41, 5.74) is 1.16. The van der Waals surface area contributed by atoms with Crippen LogP contribution in [-0.2, 0) is 31.0 Å². The van der Waals surface area contributed by atoms with Crippen molar-refractivity contribution in [3.63, 3.8) is 0 Å². The molecule has 1 aromatic rings. The number of benzene rings is 1. The van der Waals surface area contributed by atoms with Crippen molar-refractivity contribution in [2.45, 2.75) is 94.5 Å². The summed E-state index contributed by atoms with van der Waals surface area (Å²) in [6, 6.07) is 1.70. The summed E-state index contributed by atoms with van der Waals surface area (Å²) in [4.78, 5) is 51.9. The monoisotopic (exact) mass is 617 g/mol. The number of likely N-dealkylation sites (tertiary alicyclic amines) is 1. The molecule has 1 saturated heterocycles. The van der Waals surface area contributed by atoms with Crippen molar-refractivity contribution in [1.82, 2.24) is 15.5 Å². The summed E-state index contributed by atoms with van der Waals surface area (Å²) < 4.78 is 12.3. The number of ketones is 1. The molecule has 4 N–H and O–H groups in total. The highest BCUT2D eigenvalue weighted by Crippen LogP contribution is 2.65. The van der Waals surface area contributed by atoms with E-state index in [0.29, 0.717) is 30.8 Å². The van der Waals surface area contributed by atoms with Gasteiger partial charge in [0.1, 0.15) is 24.0 Å². The first-order chi connectivity index (χ1) is 19.8. The van der Waals surface area contributed by atoms with Crippen molar-refractivity contribution in [2.24, 2.45) is 5.92 Å². The van der Waals surface area contributed by atoms with Crippen LogP contribution in [0.5, 0.6) is 11.5 Å². The van der Waals surface area contributed by atoms with Gasteiger partial charge >= 0.3 is 5.97 Å². The van der Waals surface area contributed by atoms with E-state index in [2.05, 4.69) is 21.6 Å². The van der Waals surface area contributed by atoms with Gasteiger partial charge in [0.15, 0.2) is 11.5 Å². The van der Waals surface area contributed by atoms with Crippen molar-refractivity contribution < 1.29 is 38.9 Å². The zero-order chi connectivity index (χ0) is 30.6. The lowest BCUT2D eigenvalue weighted by Crippen LogP contribution is -2.74. The van der Waals surface area contributed by atoms with Crippen LogP contribution < -0.4 is 20.1 Å². The molecular weight excluding hydrogens is 574 g/mol. The van der Waals surface area contributed by atoms with Gasteiger partial charge in [-0.3, -0.25) is 14.4 Å². The predicted molar refractivity (Wildman–Crippen MR) is 163 cm³/mol. The van der Waals surface area contributed by atoms with E-state index in [4.69, 9.17) is 9.47 Å². The summed E-state index contributed by atoms with van der Waals surface area (Å²) in [5, 5.41) is 26.8. The van der Waals surface area contributed by atoms with E-state index >= 15 is 0 Å². The van der Waals surface area contributed by atoms with Gasteiger partial charge in [0.05, 0.1) is 18.1 Å². The Morgan fingerprint density at radius 3 is 2.56 bits per heavy atom. The molecule has 4 aliphatic rings. The second kappa shape index (κ2) is 12.1. The average molecular weight is 618 g/mol. The number of piperidine rings is 1. The highest BCUT2D eigenvalue weighted by Gasteiger charge is 2.71. The number of amides is 2. The summed E-state index contributed by atoms with van der Waals surface area (Å²) in [6.07, 6.45) is 3.26. The van der Waals surface area contributed by atoms with E-state index < -0.39 is 47.0 Å². The Labute approximate surface area is 258 Å². The SMILES string of the molecule is COc1ccc2c3c1OC1C(CC(=O)CCC(NC(C)=O)C(=O)NC(C(=O)O)C(C)C)=CC[C@@]4(O)[C@@H](C2)N(C)CC[C@]314.S. The zero-order valence-corrected chi connectivity index (χ0v) is 26.4. The fraction of sp³-hybridized carbons (Fsp3) is 0.613. The Balaban J connectivity index is 0.00000423. The van der Waals surface area contributed by atoms with Crippen LogP contribution in [-0.4, -0.2) is 89.2 Å². The molecule has 0 saturated carbocycles. The van der Waals surface area contributed by atoms with Gasteiger partial charge in [-0.2, -0.15) is 13.5 Å². The third kappa shape index (κ3) is 5.31. The van der Waals surface area contributed by atoms with Gasteiger partial charge in [0, 0.05) is 31.4 Å². The average Bonchev–Trinajstić information content (AvgIpc) is 3.28. The molecular formula is C31H43N3O8S. The maximum absolute atomic E-state index is 13.4. The maximum Gasteiger partial charge on any atom is 0.326 e. The molecule has 2 amide bonds. The Kier molecular flexibility index (Phi) is 9.25. The van der Waals surface area contributed by atoms with Gasteiger partial charge < -0.3 is 35.2 Å². The first kappa shape index (κ1) is 32.8. The minimum absolute atomic E-state index is 0. The second-order valence-corrected chi connectivity index (χ2v) is 12.5. The van der Waals surface area contributed by atoms with Gasteiger partial charge in [-0.1, -0.05) is 26.0 Å². The lowest BCUT2D eigenvalue weighted by molar-refractivity contribution is -0.158. The van der Waals surface area contributed by atoms with Gasteiger partial charge in [0.2, 0.25) is 11.8 Å². The number of aliphatic hydroxyl groups is 1. The fourth-order valence-electron chi connectivity index (χ4n) is 7.68. The van der Waals surface area contributed by atoms with Crippen LogP contribution in [0.1, 0.15) is 64.0 Å². The van der Waals surface area contributed by atoms with E-state index in [9.17, 15) is 29.4 Å².